The van der Waals surface area contributed by atoms with Gasteiger partial charge in [-0.2, -0.15) is 0 Å². The van der Waals surface area contributed by atoms with Crippen molar-refractivity contribution in [2.45, 2.75) is 0 Å². The van der Waals surface area contributed by atoms with E-state index in [1.165, 1.54) is 28.8 Å². The third-order valence-electron chi connectivity index (χ3n) is 3.68. The molecular weight excluding hydrogens is 348 g/mol. The number of halogens is 1. The highest BCUT2D eigenvalue weighted by Gasteiger charge is 2.18. The molecule has 0 spiro atoms. The van der Waals surface area contributed by atoms with Crippen LogP contribution >= 0.6 is 11.6 Å². The van der Waals surface area contributed by atoms with Crippen LogP contribution in [0.25, 0.3) is 10.9 Å². The van der Waals surface area contributed by atoms with Crippen LogP contribution in [0.15, 0.2) is 52.7 Å². The number of aromatic nitrogens is 1. The van der Waals surface area contributed by atoms with E-state index in [1.54, 1.807) is 25.2 Å². The van der Waals surface area contributed by atoms with Crippen LogP contribution < -0.4 is 0 Å². The first-order valence-electron chi connectivity index (χ1n) is 7.06. The number of rotatable bonds is 3. The average Bonchev–Trinajstić information content (AvgIpc) is 2.83. The van der Waals surface area contributed by atoms with Gasteiger partial charge in [-0.15, -0.1) is 10.2 Å². The number of hydrogen-bond donors (Lipinski definition) is 1. The zero-order valence-electron chi connectivity index (χ0n) is 12.9. The molecule has 0 aliphatic carbocycles. The number of nitro groups is 1. The first-order chi connectivity index (χ1) is 11.9. The zero-order chi connectivity index (χ0) is 18.1. The molecule has 1 aromatic heterocycles. The molecule has 8 nitrogen and oxygen atoms in total. The van der Waals surface area contributed by atoms with Gasteiger partial charge in [0.1, 0.15) is 0 Å². The summed E-state index contributed by atoms with van der Waals surface area (Å²) in [7, 11) is 1.57. The van der Waals surface area contributed by atoms with Crippen LogP contribution in [0.3, 0.4) is 0 Å². The van der Waals surface area contributed by atoms with Crippen molar-refractivity contribution in [3.63, 3.8) is 0 Å². The Morgan fingerprint density at radius 1 is 1.28 bits per heavy atom. The van der Waals surface area contributed by atoms with Gasteiger partial charge in [0.15, 0.2) is 5.69 Å². The van der Waals surface area contributed by atoms with Crippen LogP contribution in [0.1, 0.15) is 10.4 Å². The lowest BCUT2D eigenvalue weighted by Crippen LogP contribution is -1.94. The second kappa shape index (κ2) is 6.33. The number of aromatic hydroxyl groups is 1. The number of non-ortho nitro benzene ring substituents is 1. The minimum Gasteiger partial charge on any atom is -0.493 e. The molecule has 2 aromatic carbocycles. The molecule has 0 aliphatic rings. The molecule has 1 heterocycles. The number of benzene rings is 2. The van der Waals surface area contributed by atoms with E-state index in [-0.39, 0.29) is 27.8 Å². The SMILES string of the molecule is Cn1c(O)c(N=NC(=O)c2ccccc2Cl)c2cc([N+](=O)[O-])ccc21. The molecule has 9 heteroatoms. The quantitative estimate of drug-likeness (QED) is 0.425. The number of carbonyl (C=O) groups excluding carboxylic acids is 1. The first-order valence-corrected chi connectivity index (χ1v) is 7.44. The fraction of sp³-hybridized carbons (Fsp3) is 0.0625. The molecule has 1 amide bonds. The number of fused-ring (bicyclic) bond motifs is 1. The fourth-order valence-corrected chi connectivity index (χ4v) is 2.61. The maximum Gasteiger partial charge on any atom is 0.296 e. The van der Waals surface area contributed by atoms with Crippen LogP contribution in [0.4, 0.5) is 11.4 Å². The Bertz CT molecular complexity index is 1040. The average molecular weight is 359 g/mol. The maximum atomic E-state index is 12.1. The van der Waals surface area contributed by atoms with Crippen molar-refractivity contribution in [2.24, 2.45) is 17.3 Å². The second-order valence-corrected chi connectivity index (χ2v) is 5.58. The molecule has 0 bridgehead atoms. The van der Waals surface area contributed by atoms with Crippen LogP contribution in [0.2, 0.25) is 5.02 Å². The number of aryl methyl sites for hydroxylation is 1. The van der Waals surface area contributed by atoms with Gasteiger partial charge in [-0.1, -0.05) is 23.7 Å². The van der Waals surface area contributed by atoms with E-state index in [2.05, 4.69) is 10.2 Å². The van der Waals surface area contributed by atoms with E-state index in [4.69, 9.17) is 11.6 Å². The fourth-order valence-electron chi connectivity index (χ4n) is 2.40. The molecule has 0 radical (unpaired) electrons. The van der Waals surface area contributed by atoms with E-state index in [0.717, 1.165) is 0 Å². The summed E-state index contributed by atoms with van der Waals surface area (Å²) in [6, 6.07) is 10.4. The lowest BCUT2D eigenvalue weighted by Gasteiger charge is -1.97. The maximum absolute atomic E-state index is 12.1. The molecule has 0 fully saturated rings. The first kappa shape index (κ1) is 16.6. The summed E-state index contributed by atoms with van der Waals surface area (Å²) >= 11 is 5.94. The molecule has 126 valence electrons. The van der Waals surface area contributed by atoms with Crippen LogP contribution in [0, 0.1) is 10.1 Å². The van der Waals surface area contributed by atoms with Gasteiger partial charge in [0.2, 0.25) is 5.88 Å². The summed E-state index contributed by atoms with van der Waals surface area (Å²) < 4.78 is 1.40. The topological polar surface area (TPSA) is 110 Å². The standard InChI is InChI=1S/C16H11ClN4O4/c1-20-13-7-6-9(21(24)25)8-11(13)14(16(20)23)18-19-15(22)10-4-2-3-5-12(10)17/h2-8,23H,1H3. The van der Waals surface area contributed by atoms with Crippen molar-refractivity contribution >= 4 is 39.8 Å². The van der Waals surface area contributed by atoms with Gasteiger partial charge in [0, 0.05) is 24.6 Å². The Morgan fingerprint density at radius 2 is 2.00 bits per heavy atom. The Hall–Kier alpha value is -3.26. The van der Waals surface area contributed by atoms with Crippen molar-refractivity contribution < 1.29 is 14.8 Å². The van der Waals surface area contributed by atoms with Crippen molar-refractivity contribution in [3.8, 4) is 5.88 Å². The van der Waals surface area contributed by atoms with Gasteiger partial charge in [0.05, 0.1) is 21.0 Å². The van der Waals surface area contributed by atoms with Gasteiger partial charge < -0.3 is 9.67 Å². The van der Waals surface area contributed by atoms with Gasteiger partial charge in [-0.05, 0) is 18.2 Å². The summed E-state index contributed by atoms with van der Waals surface area (Å²) in [6.07, 6.45) is 0. The second-order valence-electron chi connectivity index (χ2n) is 5.17. The summed E-state index contributed by atoms with van der Waals surface area (Å²) in [5.74, 6) is -0.946. The Morgan fingerprint density at radius 3 is 2.68 bits per heavy atom. The van der Waals surface area contributed by atoms with E-state index in [0.29, 0.717) is 10.9 Å². The van der Waals surface area contributed by atoms with Crippen LogP contribution in [0.5, 0.6) is 5.88 Å². The third kappa shape index (κ3) is 2.94. The lowest BCUT2D eigenvalue weighted by molar-refractivity contribution is -0.384. The number of amides is 1. The van der Waals surface area contributed by atoms with Gasteiger partial charge in [0.25, 0.3) is 11.6 Å². The molecule has 0 unspecified atom stereocenters. The molecule has 25 heavy (non-hydrogen) atoms. The highest BCUT2D eigenvalue weighted by atomic mass is 35.5. The third-order valence-corrected chi connectivity index (χ3v) is 4.01. The molecule has 0 saturated heterocycles. The highest BCUT2D eigenvalue weighted by molar-refractivity contribution is 6.33. The van der Waals surface area contributed by atoms with E-state index in [1.807, 2.05) is 0 Å². The van der Waals surface area contributed by atoms with E-state index in [9.17, 15) is 20.0 Å². The Kier molecular flexibility index (Phi) is 4.20. The van der Waals surface area contributed by atoms with Crippen LogP contribution in [-0.4, -0.2) is 20.5 Å². The zero-order valence-corrected chi connectivity index (χ0v) is 13.6. The molecule has 1 N–H and O–H groups in total. The van der Waals surface area contributed by atoms with Crippen molar-refractivity contribution in [1.82, 2.24) is 4.57 Å². The largest absolute Gasteiger partial charge is 0.493 e. The number of nitro benzene ring substituents is 1. The normalized spacial score (nSPS) is 11.3. The van der Waals surface area contributed by atoms with Crippen molar-refractivity contribution in [2.75, 3.05) is 0 Å². The summed E-state index contributed by atoms with van der Waals surface area (Å²) in [4.78, 5) is 22.5. The summed E-state index contributed by atoms with van der Waals surface area (Å²) in [5.41, 5.74) is 0.495. The summed E-state index contributed by atoms with van der Waals surface area (Å²) in [6.45, 7) is 0. The van der Waals surface area contributed by atoms with Gasteiger partial charge in [-0.25, -0.2) is 0 Å². The molecule has 0 atom stereocenters. The minimum atomic E-state index is -0.688. The molecule has 3 aromatic rings. The van der Waals surface area contributed by atoms with Gasteiger partial charge >= 0.3 is 0 Å². The minimum absolute atomic E-state index is 0.0263. The molecule has 3 rings (SSSR count). The van der Waals surface area contributed by atoms with Crippen molar-refractivity contribution in [3.05, 3.63) is 63.2 Å². The van der Waals surface area contributed by atoms with E-state index >= 15 is 0 Å². The smallest absolute Gasteiger partial charge is 0.296 e. The van der Waals surface area contributed by atoms with E-state index < -0.39 is 10.8 Å². The number of hydrogen-bond acceptors (Lipinski definition) is 5. The number of carbonyl (C=O) groups is 1. The van der Waals surface area contributed by atoms with Crippen molar-refractivity contribution in [1.29, 1.82) is 0 Å². The molecule has 0 saturated carbocycles. The monoisotopic (exact) mass is 358 g/mol. The summed E-state index contributed by atoms with van der Waals surface area (Å²) in [5, 5.41) is 29.1. The van der Waals surface area contributed by atoms with Gasteiger partial charge in [-0.3, -0.25) is 14.9 Å². The number of nitrogens with zero attached hydrogens (tertiary/aromatic N) is 4. The highest BCUT2D eigenvalue weighted by Crippen LogP contribution is 2.39. The van der Waals surface area contributed by atoms with Crippen LogP contribution in [-0.2, 0) is 7.05 Å². The Balaban J connectivity index is 2.07. The predicted octanol–water partition coefficient (Wildman–Crippen LogP) is 4.37. The number of azo groups is 1. The molecular formula is C16H11ClN4O4. The molecule has 0 aliphatic heterocycles. The predicted molar refractivity (Wildman–Crippen MR) is 91.5 cm³/mol. The Labute approximate surface area is 146 Å². The lowest BCUT2D eigenvalue weighted by atomic mass is 10.2.